The van der Waals surface area contributed by atoms with Crippen molar-refractivity contribution in [2.45, 2.75) is 44.9 Å². The third-order valence-electron chi connectivity index (χ3n) is 4.51. The van der Waals surface area contributed by atoms with E-state index in [0.29, 0.717) is 0 Å². The van der Waals surface area contributed by atoms with Crippen molar-refractivity contribution in [3.05, 3.63) is 69.3 Å². The first kappa shape index (κ1) is 33.6. The van der Waals surface area contributed by atoms with Crippen LogP contribution in [0.5, 0.6) is 0 Å². The Kier molecular flexibility index (Phi) is 12.6. The molecule has 0 saturated carbocycles. The summed E-state index contributed by atoms with van der Waals surface area (Å²) in [6.07, 6.45) is 0.542. The van der Waals surface area contributed by atoms with E-state index in [9.17, 15) is 31.7 Å². The summed E-state index contributed by atoms with van der Waals surface area (Å²) in [5.41, 5.74) is 0.903. The molecule has 4 atom stereocenters. The topological polar surface area (TPSA) is 139 Å². The van der Waals surface area contributed by atoms with E-state index in [2.05, 4.69) is 14.4 Å². The van der Waals surface area contributed by atoms with Crippen LogP contribution in [0.25, 0.3) is 0 Å². The van der Waals surface area contributed by atoms with Crippen molar-refractivity contribution in [2.24, 2.45) is 4.47 Å². The van der Waals surface area contributed by atoms with Crippen molar-refractivity contribution in [3.8, 4) is 0 Å². The second kappa shape index (κ2) is 12.8. The van der Waals surface area contributed by atoms with Crippen LogP contribution in [0.3, 0.4) is 0 Å². The van der Waals surface area contributed by atoms with Gasteiger partial charge in [-0.15, -0.1) is 0 Å². The summed E-state index contributed by atoms with van der Waals surface area (Å²) >= 11 is 0. The SMILES string of the molecule is C.CC(c1ccc(C(F)(F)F)nc1)S(C)(=O)=N[N+](=O)[O-].Cc1ccc(C(C)S(C)(=N)=O)cn1.[B]. The molecule has 2 rings (SSSR count). The van der Waals surface area contributed by atoms with Gasteiger partial charge in [0.05, 0.1) is 10.5 Å². The van der Waals surface area contributed by atoms with E-state index in [-0.39, 0.29) is 26.7 Å². The maximum atomic E-state index is 12.3. The fourth-order valence-electron chi connectivity index (χ4n) is 2.25. The second-order valence-electron chi connectivity index (χ2n) is 7.08. The monoisotopic (exact) mass is 522 g/mol. The highest BCUT2D eigenvalue weighted by molar-refractivity contribution is 7.93. The molecule has 0 fully saturated rings. The van der Waals surface area contributed by atoms with Crippen LogP contribution in [-0.4, -0.2) is 44.3 Å². The lowest BCUT2D eigenvalue weighted by Gasteiger charge is -2.12. The largest absolute Gasteiger partial charge is 0.433 e. The number of nitrogens with one attached hydrogen (secondary N) is 1. The highest BCUT2D eigenvalue weighted by Crippen LogP contribution is 2.29. The number of nitro groups is 1. The summed E-state index contributed by atoms with van der Waals surface area (Å²) in [7, 11) is -5.71. The summed E-state index contributed by atoms with van der Waals surface area (Å²) < 4.78 is 70.5. The van der Waals surface area contributed by atoms with Crippen molar-refractivity contribution in [1.29, 1.82) is 4.78 Å². The van der Waals surface area contributed by atoms with Crippen LogP contribution in [0.4, 0.5) is 13.2 Å². The minimum atomic E-state index is -4.57. The Hall–Kier alpha value is -2.55. The van der Waals surface area contributed by atoms with Crippen molar-refractivity contribution in [1.82, 2.24) is 9.97 Å². The van der Waals surface area contributed by atoms with Crippen LogP contribution in [0.2, 0.25) is 0 Å². The van der Waals surface area contributed by atoms with Crippen molar-refractivity contribution < 1.29 is 26.6 Å². The van der Waals surface area contributed by atoms with Gasteiger partial charge >= 0.3 is 6.18 Å². The number of halogens is 3. The molecule has 2 heterocycles. The third kappa shape index (κ3) is 10.2. The number of pyridine rings is 2. The molecule has 0 aliphatic heterocycles. The van der Waals surface area contributed by atoms with Gasteiger partial charge < -0.3 is 0 Å². The molecule has 0 amide bonds. The lowest BCUT2D eigenvalue weighted by atomic mass is 10.2. The Balaban J connectivity index is 0. The quantitative estimate of drug-likeness (QED) is 0.339. The number of hydrogen-bond acceptors (Lipinski definition) is 7. The smallest absolute Gasteiger partial charge is 0.261 e. The third-order valence-corrected chi connectivity index (χ3v) is 8.17. The molecule has 1 N–H and O–H groups in total. The van der Waals surface area contributed by atoms with Gasteiger partial charge in [0, 0.05) is 48.7 Å². The predicted octanol–water partition coefficient (Wildman–Crippen LogP) is 4.83. The van der Waals surface area contributed by atoms with Gasteiger partial charge in [0.2, 0.25) is 0 Å². The molecule has 2 aromatic rings. The Morgan fingerprint density at radius 3 is 1.85 bits per heavy atom. The Labute approximate surface area is 200 Å². The van der Waals surface area contributed by atoms with Crippen LogP contribution in [0, 0.1) is 21.8 Å². The minimum Gasteiger partial charge on any atom is -0.261 e. The van der Waals surface area contributed by atoms with Gasteiger partial charge in [-0.2, -0.15) is 13.2 Å². The molecule has 0 aromatic carbocycles. The van der Waals surface area contributed by atoms with Gasteiger partial charge in [0.25, 0.3) is 0 Å². The summed E-state index contributed by atoms with van der Waals surface area (Å²) in [4.78, 5) is 17.5. The molecule has 15 heteroatoms. The van der Waals surface area contributed by atoms with Crippen LogP contribution in [0.1, 0.15) is 54.3 Å². The molecule has 2 aromatic heterocycles. The molecule has 34 heavy (non-hydrogen) atoms. The molecule has 0 saturated heterocycles. The zero-order valence-corrected chi connectivity index (χ0v) is 20.2. The standard InChI is InChI=1S/C9H10F3N3O3S.C9H14N2OS.CH4.B/c1-6(19(2,18)14-15(16)17)7-3-4-8(13-5-7)9(10,11)12;1-7-4-5-9(6-11-7)8(2)13(3,10)12;;/h3-6H,1-2H3;4-6,8,10H,1-3H3;1H4;. The molecular formula is C19H28BF3N5O4S2. The van der Waals surface area contributed by atoms with Crippen molar-refractivity contribution in [2.75, 3.05) is 12.5 Å². The maximum absolute atomic E-state index is 12.3. The molecule has 0 aliphatic carbocycles. The molecule has 9 nitrogen and oxygen atoms in total. The molecule has 0 aliphatic rings. The lowest BCUT2D eigenvalue weighted by Crippen LogP contribution is -2.12. The molecular weight excluding hydrogens is 494 g/mol. The van der Waals surface area contributed by atoms with E-state index < -0.39 is 41.6 Å². The number of alkyl halides is 3. The lowest BCUT2D eigenvalue weighted by molar-refractivity contribution is -0.482. The summed E-state index contributed by atoms with van der Waals surface area (Å²) in [6, 6.07) is 5.56. The Bertz CT molecular complexity index is 1170. The zero-order chi connectivity index (χ0) is 24.9. The van der Waals surface area contributed by atoms with E-state index in [1.54, 1.807) is 13.1 Å². The number of aryl methyl sites for hydroxylation is 1. The highest BCUT2D eigenvalue weighted by Gasteiger charge is 2.32. The summed E-state index contributed by atoms with van der Waals surface area (Å²) in [6.45, 7) is 5.07. The first-order chi connectivity index (χ1) is 14.4. The highest BCUT2D eigenvalue weighted by atomic mass is 32.2. The van der Waals surface area contributed by atoms with Gasteiger partial charge in [-0.25, -0.2) is 18.5 Å². The van der Waals surface area contributed by atoms with Crippen molar-refractivity contribution in [3.63, 3.8) is 0 Å². The number of nitrogens with zero attached hydrogens (tertiary/aromatic N) is 4. The average Bonchev–Trinajstić information content (AvgIpc) is 2.65. The van der Waals surface area contributed by atoms with Gasteiger partial charge in [-0.3, -0.25) is 14.7 Å². The Morgan fingerprint density at radius 1 is 1.03 bits per heavy atom. The average molecular weight is 522 g/mol. The van der Waals surface area contributed by atoms with Gasteiger partial charge in [0.15, 0.2) is 5.03 Å². The molecule has 0 bridgehead atoms. The van der Waals surface area contributed by atoms with Gasteiger partial charge in [0.1, 0.15) is 19.9 Å². The van der Waals surface area contributed by atoms with E-state index in [1.165, 1.54) is 13.2 Å². The molecule has 3 radical (unpaired) electrons. The number of hydrogen-bond donors (Lipinski definition) is 1. The predicted molar refractivity (Wildman–Crippen MR) is 128 cm³/mol. The van der Waals surface area contributed by atoms with E-state index >= 15 is 0 Å². The van der Waals surface area contributed by atoms with E-state index in [4.69, 9.17) is 4.78 Å². The van der Waals surface area contributed by atoms with E-state index in [0.717, 1.165) is 35.8 Å². The van der Waals surface area contributed by atoms with Crippen LogP contribution in [0.15, 0.2) is 41.1 Å². The zero-order valence-electron chi connectivity index (χ0n) is 18.6. The Morgan fingerprint density at radius 2 is 1.50 bits per heavy atom. The first-order valence-corrected chi connectivity index (χ1v) is 13.0. The summed E-state index contributed by atoms with van der Waals surface area (Å²) in [5.74, 6) is 0. The van der Waals surface area contributed by atoms with Crippen LogP contribution in [-0.2, 0) is 25.6 Å². The van der Waals surface area contributed by atoms with Crippen LogP contribution >= 0.6 is 0 Å². The first-order valence-electron chi connectivity index (χ1n) is 8.98. The molecule has 0 spiro atoms. The molecule has 189 valence electrons. The normalized spacial score (nSPS) is 16.0. The number of aromatic nitrogens is 2. The number of rotatable bonds is 5. The van der Waals surface area contributed by atoms with Crippen molar-refractivity contribution >= 4 is 27.9 Å². The fraction of sp³-hybridized carbons (Fsp3) is 0.474. The fourth-order valence-corrected chi connectivity index (χ4v) is 3.96. The second-order valence-corrected chi connectivity index (χ2v) is 12.2. The van der Waals surface area contributed by atoms with Crippen LogP contribution < -0.4 is 0 Å². The minimum absolute atomic E-state index is 0. The molecule has 4 unspecified atom stereocenters. The summed E-state index contributed by atoms with van der Waals surface area (Å²) in [5, 5.41) is 8.00. The van der Waals surface area contributed by atoms with Gasteiger partial charge in [-0.05, 0) is 44.0 Å². The maximum Gasteiger partial charge on any atom is 0.433 e. The van der Waals surface area contributed by atoms with E-state index in [1.807, 2.05) is 19.1 Å². The van der Waals surface area contributed by atoms with Gasteiger partial charge in [-0.1, -0.05) is 19.6 Å².